The van der Waals surface area contributed by atoms with Gasteiger partial charge in [-0.3, -0.25) is 9.52 Å². The van der Waals surface area contributed by atoms with Crippen molar-refractivity contribution >= 4 is 38.9 Å². The van der Waals surface area contributed by atoms with Crippen LogP contribution in [0.1, 0.15) is 18.1 Å². The number of carbonyl (C=O) groups excluding carboxylic acids is 1. The van der Waals surface area contributed by atoms with Crippen LogP contribution in [0.4, 0.5) is 24.5 Å². The number of hydrogen-bond donors (Lipinski definition) is 1. The molecule has 2 aromatic carbocycles. The molecule has 1 aliphatic heterocycles. The minimum absolute atomic E-state index is 0.125. The third-order valence-corrected chi connectivity index (χ3v) is 5.87. The van der Waals surface area contributed by atoms with Gasteiger partial charge in [0.25, 0.3) is 10.0 Å². The lowest BCUT2D eigenvalue weighted by atomic mass is 10.2. The normalized spacial score (nSPS) is 14.2. The lowest BCUT2D eigenvalue weighted by Crippen LogP contribution is -2.25. The highest BCUT2D eigenvalue weighted by molar-refractivity contribution is 7.92. The van der Waals surface area contributed by atoms with E-state index in [2.05, 4.69) is 4.72 Å². The molecule has 1 amide bonds. The summed E-state index contributed by atoms with van der Waals surface area (Å²) in [5.74, 6) is -0.154. The predicted molar refractivity (Wildman–Crippen MR) is 95.4 cm³/mol. The molecule has 0 atom stereocenters. The Kier molecular flexibility index (Phi) is 4.85. The number of amides is 1. The average Bonchev–Trinajstić information content (AvgIpc) is 2.99. The molecular weight excluding hydrogens is 405 g/mol. The third-order valence-electron chi connectivity index (χ3n) is 4.17. The van der Waals surface area contributed by atoms with Crippen molar-refractivity contribution < 1.29 is 26.4 Å². The van der Waals surface area contributed by atoms with Crippen LogP contribution in [0.15, 0.2) is 41.3 Å². The molecule has 0 fully saturated rings. The van der Waals surface area contributed by atoms with Crippen LogP contribution in [0.3, 0.4) is 0 Å². The summed E-state index contributed by atoms with van der Waals surface area (Å²) in [7, 11) is -4.16. The van der Waals surface area contributed by atoms with E-state index in [0.717, 1.165) is 12.1 Å². The molecule has 27 heavy (non-hydrogen) atoms. The molecule has 0 spiro atoms. The summed E-state index contributed by atoms with van der Waals surface area (Å²) in [5.41, 5.74) is -0.0882. The maximum absolute atomic E-state index is 12.9. The van der Waals surface area contributed by atoms with E-state index in [-0.39, 0.29) is 21.5 Å². The van der Waals surface area contributed by atoms with Crippen molar-refractivity contribution in [2.45, 2.75) is 24.4 Å². The average molecular weight is 419 g/mol. The summed E-state index contributed by atoms with van der Waals surface area (Å²) in [6.45, 7) is 1.86. The first kappa shape index (κ1) is 19.5. The van der Waals surface area contributed by atoms with Crippen LogP contribution in [-0.4, -0.2) is 20.9 Å². The number of halogens is 4. The summed E-state index contributed by atoms with van der Waals surface area (Å²) in [5, 5.41) is -0.157. The van der Waals surface area contributed by atoms with Crippen LogP contribution >= 0.6 is 11.6 Å². The Balaban J connectivity index is 1.94. The predicted octanol–water partition coefficient (Wildman–Crippen LogP) is 4.07. The molecule has 1 aliphatic rings. The third kappa shape index (κ3) is 3.89. The van der Waals surface area contributed by atoms with Crippen molar-refractivity contribution in [3.8, 4) is 0 Å². The van der Waals surface area contributed by atoms with Crippen molar-refractivity contribution in [1.29, 1.82) is 0 Å². The van der Waals surface area contributed by atoms with E-state index in [0.29, 0.717) is 30.3 Å². The van der Waals surface area contributed by atoms with Gasteiger partial charge in [0.15, 0.2) is 0 Å². The Bertz CT molecular complexity index is 1020. The molecular formula is C17H14ClF3N2O3S. The fourth-order valence-corrected chi connectivity index (χ4v) is 4.20. The van der Waals surface area contributed by atoms with Crippen LogP contribution in [0, 0.1) is 0 Å². The molecule has 0 aliphatic carbocycles. The first-order chi connectivity index (χ1) is 12.5. The molecule has 0 aromatic heterocycles. The molecule has 1 heterocycles. The highest BCUT2D eigenvalue weighted by Crippen LogP contribution is 2.35. The number of benzene rings is 2. The molecule has 5 nitrogen and oxygen atoms in total. The van der Waals surface area contributed by atoms with Gasteiger partial charge in [0.2, 0.25) is 5.91 Å². The van der Waals surface area contributed by atoms with E-state index >= 15 is 0 Å². The second kappa shape index (κ2) is 6.72. The molecule has 0 bridgehead atoms. The number of fused-ring (bicyclic) bond motifs is 1. The van der Waals surface area contributed by atoms with Crippen LogP contribution in [0.25, 0.3) is 0 Å². The van der Waals surface area contributed by atoms with Crippen LogP contribution in [-0.2, 0) is 27.4 Å². The van der Waals surface area contributed by atoms with Crippen molar-refractivity contribution in [1.82, 2.24) is 0 Å². The van der Waals surface area contributed by atoms with Crippen molar-refractivity contribution in [3.63, 3.8) is 0 Å². The van der Waals surface area contributed by atoms with Crippen LogP contribution < -0.4 is 9.62 Å². The second-order valence-electron chi connectivity index (χ2n) is 6.01. The fraction of sp³-hybridized carbons (Fsp3) is 0.235. The minimum atomic E-state index is -4.63. The number of alkyl halides is 3. The number of anilines is 2. The quantitative estimate of drug-likeness (QED) is 0.817. The number of carbonyl (C=O) groups is 1. The van der Waals surface area contributed by atoms with Crippen molar-refractivity contribution in [2.24, 2.45) is 0 Å². The van der Waals surface area contributed by atoms with Crippen molar-refractivity contribution in [2.75, 3.05) is 16.2 Å². The SMILES string of the molecule is CC(=O)N1CCc2cc(S(=O)(=O)Nc3cc(C(F)(F)F)ccc3Cl)ccc21. The molecule has 0 radical (unpaired) electrons. The summed E-state index contributed by atoms with van der Waals surface area (Å²) in [6, 6.07) is 6.60. The molecule has 144 valence electrons. The number of hydrogen-bond acceptors (Lipinski definition) is 3. The van der Waals surface area contributed by atoms with E-state index in [4.69, 9.17) is 11.6 Å². The highest BCUT2D eigenvalue weighted by atomic mass is 35.5. The summed E-state index contributed by atoms with van der Waals surface area (Å²) in [6.07, 6.45) is -4.14. The Morgan fingerprint density at radius 2 is 1.89 bits per heavy atom. The van der Waals surface area contributed by atoms with E-state index in [1.165, 1.54) is 30.0 Å². The van der Waals surface area contributed by atoms with Crippen molar-refractivity contribution in [3.05, 3.63) is 52.5 Å². The lowest BCUT2D eigenvalue weighted by Gasteiger charge is -2.16. The van der Waals surface area contributed by atoms with Gasteiger partial charge >= 0.3 is 6.18 Å². The van der Waals surface area contributed by atoms with E-state index in [1.54, 1.807) is 0 Å². The number of rotatable bonds is 3. The number of nitrogens with zero attached hydrogens (tertiary/aromatic N) is 1. The minimum Gasteiger partial charge on any atom is -0.312 e. The Hall–Kier alpha value is -2.26. The topological polar surface area (TPSA) is 66.5 Å². The van der Waals surface area contributed by atoms with Gasteiger partial charge in [0.1, 0.15) is 0 Å². The monoisotopic (exact) mass is 418 g/mol. The zero-order valence-electron chi connectivity index (χ0n) is 14.0. The zero-order valence-corrected chi connectivity index (χ0v) is 15.5. The molecule has 2 aromatic rings. The summed E-state index contributed by atoms with van der Waals surface area (Å²) < 4.78 is 65.9. The lowest BCUT2D eigenvalue weighted by molar-refractivity contribution is -0.137. The van der Waals surface area contributed by atoms with Gasteiger partial charge in [-0.1, -0.05) is 11.6 Å². The van der Waals surface area contributed by atoms with Gasteiger partial charge < -0.3 is 4.90 Å². The fourth-order valence-electron chi connectivity index (χ4n) is 2.86. The zero-order chi connectivity index (χ0) is 20.0. The first-order valence-corrected chi connectivity index (χ1v) is 9.66. The smallest absolute Gasteiger partial charge is 0.312 e. The second-order valence-corrected chi connectivity index (χ2v) is 8.10. The standard InChI is InChI=1S/C17H14ClF3N2O3S/c1-10(24)23-7-6-11-8-13(3-5-16(11)23)27(25,26)22-15-9-12(17(19,20)21)2-4-14(15)18/h2-5,8-9,22H,6-7H2,1H3. The molecule has 3 rings (SSSR count). The maximum Gasteiger partial charge on any atom is 0.416 e. The van der Waals surface area contributed by atoms with Gasteiger partial charge in [-0.25, -0.2) is 8.42 Å². The highest BCUT2D eigenvalue weighted by Gasteiger charge is 2.31. The Morgan fingerprint density at radius 1 is 1.19 bits per heavy atom. The van der Waals surface area contributed by atoms with Gasteiger partial charge in [0, 0.05) is 19.2 Å². The summed E-state index contributed by atoms with van der Waals surface area (Å²) in [4.78, 5) is 13.0. The number of sulfonamides is 1. The van der Waals surface area contributed by atoms with Gasteiger partial charge in [0.05, 0.1) is 21.2 Å². The molecule has 10 heteroatoms. The Labute approximate surface area is 158 Å². The first-order valence-electron chi connectivity index (χ1n) is 7.79. The van der Waals surface area contributed by atoms with Crippen LogP contribution in [0.5, 0.6) is 0 Å². The van der Waals surface area contributed by atoms with Gasteiger partial charge in [-0.15, -0.1) is 0 Å². The molecule has 1 N–H and O–H groups in total. The van der Waals surface area contributed by atoms with E-state index < -0.39 is 21.8 Å². The molecule has 0 saturated carbocycles. The summed E-state index contributed by atoms with van der Waals surface area (Å²) >= 11 is 5.85. The molecule has 0 saturated heterocycles. The van der Waals surface area contributed by atoms with Gasteiger partial charge in [-0.2, -0.15) is 13.2 Å². The van der Waals surface area contributed by atoms with E-state index in [1.807, 2.05) is 0 Å². The maximum atomic E-state index is 12.9. The van der Waals surface area contributed by atoms with Gasteiger partial charge in [-0.05, 0) is 48.4 Å². The molecule has 0 unspecified atom stereocenters. The van der Waals surface area contributed by atoms with Crippen LogP contribution in [0.2, 0.25) is 5.02 Å². The largest absolute Gasteiger partial charge is 0.416 e. The Morgan fingerprint density at radius 3 is 2.52 bits per heavy atom. The van der Waals surface area contributed by atoms with E-state index in [9.17, 15) is 26.4 Å². The number of nitrogens with one attached hydrogen (secondary N) is 1.